The number of aromatic nitrogens is 1. The normalized spacial score (nSPS) is 10.2. The summed E-state index contributed by atoms with van der Waals surface area (Å²) in [5, 5.41) is 5.33. The quantitative estimate of drug-likeness (QED) is 0.588. The maximum atomic E-state index is 12.2. The summed E-state index contributed by atoms with van der Waals surface area (Å²) in [6.07, 6.45) is 1.41. The molecule has 142 valence electrons. The number of benzene rings is 2. The van der Waals surface area contributed by atoms with Gasteiger partial charge in [-0.15, -0.1) is 0 Å². The molecule has 7 heteroatoms. The summed E-state index contributed by atoms with van der Waals surface area (Å²) in [7, 11) is 0. The molecule has 0 saturated heterocycles. The molecule has 6 nitrogen and oxygen atoms in total. The van der Waals surface area contributed by atoms with Crippen LogP contribution >= 0.6 is 15.9 Å². The van der Waals surface area contributed by atoms with Crippen molar-refractivity contribution in [1.29, 1.82) is 0 Å². The minimum atomic E-state index is -0.378. The van der Waals surface area contributed by atoms with Gasteiger partial charge < -0.3 is 15.4 Å². The minimum Gasteiger partial charge on any atom is -0.439 e. The van der Waals surface area contributed by atoms with Crippen LogP contribution in [0.2, 0.25) is 0 Å². The fraction of sp³-hybridized carbons (Fsp3) is 0.0952. The predicted molar refractivity (Wildman–Crippen MR) is 109 cm³/mol. The summed E-state index contributed by atoms with van der Waals surface area (Å²) in [6.45, 7) is 0.306. The number of halogens is 1. The number of hydrogen-bond acceptors (Lipinski definition) is 4. The Kier molecular flexibility index (Phi) is 6.75. The van der Waals surface area contributed by atoms with Crippen LogP contribution in [0, 0.1) is 0 Å². The van der Waals surface area contributed by atoms with Crippen molar-refractivity contribution < 1.29 is 14.3 Å². The summed E-state index contributed by atoms with van der Waals surface area (Å²) in [5.74, 6) is 0.362. The van der Waals surface area contributed by atoms with E-state index in [0.717, 1.165) is 10.0 Å². The van der Waals surface area contributed by atoms with Crippen LogP contribution in [0.5, 0.6) is 11.6 Å². The van der Waals surface area contributed by atoms with Gasteiger partial charge in [-0.25, -0.2) is 4.98 Å². The minimum absolute atomic E-state index is 0.109. The van der Waals surface area contributed by atoms with Crippen molar-refractivity contribution in [3.8, 4) is 11.6 Å². The van der Waals surface area contributed by atoms with Crippen molar-refractivity contribution in [1.82, 2.24) is 15.6 Å². The van der Waals surface area contributed by atoms with Crippen molar-refractivity contribution in [3.63, 3.8) is 0 Å². The Morgan fingerprint density at radius 2 is 1.79 bits per heavy atom. The van der Waals surface area contributed by atoms with E-state index in [0.29, 0.717) is 23.7 Å². The Hall–Kier alpha value is -3.19. The van der Waals surface area contributed by atoms with Gasteiger partial charge in [-0.1, -0.05) is 52.3 Å². The van der Waals surface area contributed by atoms with Crippen molar-refractivity contribution in [2.24, 2.45) is 0 Å². The Bertz CT molecular complexity index is 947. The molecule has 3 aromatic rings. The highest BCUT2D eigenvalue weighted by Gasteiger charge is 2.09. The predicted octanol–water partition coefficient (Wildman–Crippen LogP) is 3.68. The zero-order chi connectivity index (χ0) is 19.8. The molecule has 3 rings (SSSR count). The van der Waals surface area contributed by atoms with Gasteiger partial charge in [-0.2, -0.15) is 0 Å². The summed E-state index contributed by atoms with van der Waals surface area (Å²) in [4.78, 5) is 28.2. The number of nitrogens with zero attached hydrogens (tertiary/aromatic N) is 1. The first kappa shape index (κ1) is 19.6. The van der Waals surface area contributed by atoms with Gasteiger partial charge in [0, 0.05) is 23.3 Å². The molecule has 1 aromatic heterocycles. The maximum absolute atomic E-state index is 12.2. The highest BCUT2D eigenvalue weighted by atomic mass is 79.9. The second kappa shape index (κ2) is 9.66. The SMILES string of the molecule is O=C(CNC(=O)c1ccc(Oc2cccc(Br)c2)nc1)NCc1ccccc1. The molecule has 0 radical (unpaired) electrons. The average Bonchev–Trinajstić information content (AvgIpc) is 2.72. The van der Waals surface area contributed by atoms with Crippen LogP contribution in [0.1, 0.15) is 15.9 Å². The van der Waals surface area contributed by atoms with Crippen LogP contribution < -0.4 is 15.4 Å². The third-order valence-electron chi connectivity index (χ3n) is 3.76. The van der Waals surface area contributed by atoms with Crippen LogP contribution in [0.3, 0.4) is 0 Å². The highest BCUT2D eigenvalue weighted by Crippen LogP contribution is 2.22. The van der Waals surface area contributed by atoms with Crippen molar-refractivity contribution in [2.45, 2.75) is 6.54 Å². The van der Waals surface area contributed by atoms with Gasteiger partial charge in [0.05, 0.1) is 12.1 Å². The second-order valence-corrected chi connectivity index (χ2v) is 6.81. The summed E-state index contributed by atoms with van der Waals surface area (Å²) in [6, 6.07) is 20.1. The lowest BCUT2D eigenvalue weighted by Gasteiger charge is -2.08. The zero-order valence-electron chi connectivity index (χ0n) is 14.9. The van der Waals surface area contributed by atoms with E-state index < -0.39 is 0 Å². The van der Waals surface area contributed by atoms with Crippen LogP contribution in [0.15, 0.2) is 77.4 Å². The molecule has 28 heavy (non-hydrogen) atoms. The molecule has 0 saturated carbocycles. The monoisotopic (exact) mass is 439 g/mol. The first-order valence-corrected chi connectivity index (χ1v) is 9.38. The van der Waals surface area contributed by atoms with E-state index in [9.17, 15) is 9.59 Å². The van der Waals surface area contributed by atoms with E-state index in [1.807, 2.05) is 48.5 Å². The van der Waals surface area contributed by atoms with Gasteiger partial charge in [0.1, 0.15) is 5.75 Å². The molecule has 2 N–H and O–H groups in total. The van der Waals surface area contributed by atoms with Crippen LogP contribution in [0.4, 0.5) is 0 Å². The fourth-order valence-corrected chi connectivity index (χ4v) is 2.73. The molecule has 0 unspecified atom stereocenters. The van der Waals surface area contributed by atoms with E-state index >= 15 is 0 Å². The molecule has 2 amide bonds. The first-order valence-electron chi connectivity index (χ1n) is 8.58. The number of carbonyl (C=O) groups excluding carboxylic acids is 2. The molecule has 0 atom stereocenters. The Morgan fingerprint density at radius 3 is 2.50 bits per heavy atom. The van der Waals surface area contributed by atoms with Gasteiger partial charge in [-0.05, 0) is 29.8 Å². The van der Waals surface area contributed by atoms with Crippen LogP contribution in [0.25, 0.3) is 0 Å². The number of carbonyl (C=O) groups is 2. The number of ether oxygens (including phenoxy) is 1. The molecule has 0 bridgehead atoms. The van der Waals surface area contributed by atoms with Crippen molar-refractivity contribution in [2.75, 3.05) is 6.54 Å². The summed E-state index contributed by atoms with van der Waals surface area (Å²) >= 11 is 3.37. The molecule has 0 aliphatic carbocycles. The fourth-order valence-electron chi connectivity index (χ4n) is 2.35. The molecular formula is C21H18BrN3O3. The van der Waals surface area contributed by atoms with Gasteiger partial charge in [0.15, 0.2) is 0 Å². The van der Waals surface area contributed by atoms with Crippen LogP contribution in [-0.4, -0.2) is 23.3 Å². The number of nitrogens with one attached hydrogen (secondary N) is 2. The standard InChI is InChI=1S/C21H18BrN3O3/c22-17-7-4-8-18(11-17)28-20-10-9-16(13-24-20)21(27)25-14-19(26)23-12-15-5-2-1-3-6-15/h1-11,13H,12,14H2,(H,23,26)(H,25,27). The molecular weight excluding hydrogens is 422 g/mol. The summed E-state index contributed by atoms with van der Waals surface area (Å²) < 4.78 is 6.52. The molecule has 0 fully saturated rings. The molecule has 1 heterocycles. The van der Waals surface area contributed by atoms with Crippen molar-refractivity contribution >= 4 is 27.7 Å². The number of rotatable bonds is 7. The van der Waals surface area contributed by atoms with Crippen molar-refractivity contribution in [3.05, 3.63) is 88.5 Å². The largest absolute Gasteiger partial charge is 0.439 e. The topological polar surface area (TPSA) is 80.3 Å². The lowest BCUT2D eigenvalue weighted by atomic mass is 10.2. The van der Waals surface area contributed by atoms with E-state index in [4.69, 9.17) is 4.74 Å². The maximum Gasteiger partial charge on any atom is 0.253 e. The molecule has 2 aromatic carbocycles. The molecule has 0 aliphatic heterocycles. The van der Waals surface area contributed by atoms with Gasteiger partial charge >= 0.3 is 0 Å². The Morgan fingerprint density at radius 1 is 0.964 bits per heavy atom. The smallest absolute Gasteiger partial charge is 0.253 e. The lowest BCUT2D eigenvalue weighted by molar-refractivity contribution is -0.120. The van der Waals surface area contributed by atoms with Gasteiger partial charge in [0.2, 0.25) is 11.8 Å². The van der Waals surface area contributed by atoms with E-state index in [-0.39, 0.29) is 18.4 Å². The molecule has 0 aliphatic rings. The zero-order valence-corrected chi connectivity index (χ0v) is 16.5. The molecule has 0 spiro atoms. The lowest BCUT2D eigenvalue weighted by Crippen LogP contribution is -2.36. The number of hydrogen-bond donors (Lipinski definition) is 2. The highest BCUT2D eigenvalue weighted by molar-refractivity contribution is 9.10. The third-order valence-corrected chi connectivity index (χ3v) is 4.25. The van der Waals surface area contributed by atoms with E-state index in [1.54, 1.807) is 18.2 Å². The Balaban J connectivity index is 1.47. The third kappa shape index (κ3) is 5.92. The van der Waals surface area contributed by atoms with E-state index in [2.05, 4.69) is 31.5 Å². The van der Waals surface area contributed by atoms with Gasteiger partial charge in [0.25, 0.3) is 5.91 Å². The number of amides is 2. The second-order valence-electron chi connectivity index (χ2n) is 5.89. The Labute approximate surface area is 171 Å². The van der Waals surface area contributed by atoms with Gasteiger partial charge in [-0.3, -0.25) is 9.59 Å². The summed E-state index contributed by atoms with van der Waals surface area (Å²) in [5.41, 5.74) is 1.34. The first-order chi connectivity index (χ1) is 13.6. The van der Waals surface area contributed by atoms with Crippen LogP contribution in [-0.2, 0) is 11.3 Å². The number of pyridine rings is 1. The van der Waals surface area contributed by atoms with E-state index in [1.165, 1.54) is 6.20 Å². The average molecular weight is 440 g/mol.